The Morgan fingerprint density at radius 1 is 0.500 bits per heavy atom. The van der Waals surface area contributed by atoms with E-state index in [1.54, 1.807) is 19.3 Å². The number of hydrogen-bond acceptors (Lipinski definition) is 2. The Labute approximate surface area is 174 Å². The van der Waals surface area contributed by atoms with Gasteiger partial charge in [-0.2, -0.15) is 0 Å². The Morgan fingerprint density at radius 3 is 1.79 bits per heavy atom. The Balaban J connectivity index is 1.16. The summed E-state index contributed by atoms with van der Waals surface area (Å²) in [5, 5.41) is 4.30. The van der Waals surface area contributed by atoms with Gasteiger partial charge in [0.15, 0.2) is 0 Å². The summed E-state index contributed by atoms with van der Waals surface area (Å²) in [6, 6.07) is 2.20. The number of nitrogens with one attached hydrogen (secondary N) is 1. The number of hydrogen-bond donors (Lipinski definition) is 2. The molecule has 5 aliphatic carbocycles. The van der Waals surface area contributed by atoms with Crippen LogP contribution in [0.25, 0.3) is 0 Å². The average Bonchev–Trinajstić information content (AvgIpc) is 2.75. The Bertz CT molecular complexity index is 489. The highest BCUT2D eigenvalue weighted by Crippen LogP contribution is 2.51. The van der Waals surface area contributed by atoms with Gasteiger partial charge in [-0.1, -0.05) is 32.1 Å². The van der Waals surface area contributed by atoms with E-state index in [2.05, 4.69) is 5.32 Å². The number of nitrogens with two attached hydrogens (primary N) is 1. The summed E-state index contributed by atoms with van der Waals surface area (Å²) >= 11 is 0. The molecule has 5 aliphatic rings. The van der Waals surface area contributed by atoms with Crippen LogP contribution in [0.3, 0.4) is 0 Å². The van der Waals surface area contributed by atoms with Crippen molar-refractivity contribution in [3.63, 3.8) is 0 Å². The second-order valence-corrected chi connectivity index (χ2v) is 11.6. The van der Waals surface area contributed by atoms with Crippen LogP contribution in [0.1, 0.15) is 109 Å². The molecule has 2 heteroatoms. The van der Waals surface area contributed by atoms with E-state index in [1.807, 2.05) is 0 Å². The molecule has 160 valence electrons. The summed E-state index contributed by atoms with van der Waals surface area (Å²) in [7, 11) is 0. The predicted molar refractivity (Wildman–Crippen MR) is 118 cm³/mol. The maximum atomic E-state index is 6.14. The van der Waals surface area contributed by atoms with Gasteiger partial charge in [0.25, 0.3) is 0 Å². The van der Waals surface area contributed by atoms with E-state index in [0.717, 1.165) is 47.6 Å². The molecular weight excluding hydrogens is 340 g/mol. The van der Waals surface area contributed by atoms with E-state index < -0.39 is 0 Å². The van der Waals surface area contributed by atoms with Crippen molar-refractivity contribution in [1.82, 2.24) is 5.32 Å². The Kier molecular flexibility index (Phi) is 6.36. The van der Waals surface area contributed by atoms with Gasteiger partial charge >= 0.3 is 0 Å². The lowest BCUT2D eigenvalue weighted by atomic mass is 9.56. The van der Waals surface area contributed by atoms with Crippen LogP contribution in [0.15, 0.2) is 0 Å². The smallest absolute Gasteiger partial charge is 0.0103 e. The summed E-state index contributed by atoms with van der Waals surface area (Å²) < 4.78 is 0. The molecule has 0 aromatic rings. The maximum Gasteiger partial charge on any atom is 0.0103 e. The van der Waals surface area contributed by atoms with E-state index in [-0.39, 0.29) is 0 Å². The molecule has 0 saturated heterocycles. The minimum absolute atomic E-state index is 0.507. The molecule has 5 saturated carbocycles. The summed E-state index contributed by atoms with van der Waals surface area (Å²) in [6.45, 7) is 0. The third-order valence-corrected chi connectivity index (χ3v) is 10.2. The maximum absolute atomic E-state index is 6.14. The first-order chi connectivity index (χ1) is 13.8. The minimum Gasteiger partial charge on any atom is -0.328 e. The van der Waals surface area contributed by atoms with Gasteiger partial charge in [0.05, 0.1) is 0 Å². The molecule has 0 aromatic carbocycles. The van der Waals surface area contributed by atoms with Crippen molar-refractivity contribution in [3.8, 4) is 0 Å². The standard InChI is InChI=1S/C26H46N2/c27-21-13-9-18(10-14-21)19-11-15-22(16-12-19)28-26-17-20-5-1-2-6-23(20)24-7-3-4-8-25(24)26/h18-26,28H,1-17,27H2. The highest BCUT2D eigenvalue weighted by Gasteiger charge is 2.46. The van der Waals surface area contributed by atoms with Crippen LogP contribution in [0.2, 0.25) is 0 Å². The molecule has 2 nitrogen and oxygen atoms in total. The first-order valence-corrected chi connectivity index (χ1v) is 13.3. The van der Waals surface area contributed by atoms with E-state index >= 15 is 0 Å². The monoisotopic (exact) mass is 386 g/mol. The summed E-state index contributed by atoms with van der Waals surface area (Å²) in [6.07, 6.45) is 25.1. The zero-order valence-corrected chi connectivity index (χ0v) is 18.3. The van der Waals surface area contributed by atoms with Crippen LogP contribution < -0.4 is 11.1 Å². The van der Waals surface area contributed by atoms with Crippen LogP contribution in [-0.4, -0.2) is 18.1 Å². The molecule has 0 spiro atoms. The fourth-order valence-electron chi connectivity index (χ4n) is 8.68. The molecule has 5 atom stereocenters. The minimum atomic E-state index is 0.507. The molecule has 0 bridgehead atoms. The highest BCUT2D eigenvalue weighted by atomic mass is 15.0. The van der Waals surface area contributed by atoms with Gasteiger partial charge in [-0.25, -0.2) is 0 Å². The van der Waals surface area contributed by atoms with Crippen LogP contribution in [0.5, 0.6) is 0 Å². The zero-order valence-electron chi connectivity index (χ0n) is 18.3. The Hall–Kier alpha value is -0.0800. The molecule has 3 N–H and O–H groups in total. The molecule has 5 rings (SSSR count). The van der Waals surface area contributed by atoms with Gasteiger partial charge in [0.2, 0.25) is 0 Å². The lowest BCUT2D eigenvalue weighted by Gasteiger charge is -2.53. The first-order valence-electron chi connectivity index (χ1n) is 13.3. The predicted octanol–water partition coefficient (Wildman–Crippen LogP) is 6.04. The molecule has 0 aromatic heterocycles. The van der Waals surface area contributed by atoms with Gasteiger partial charge in [0, 0.05) is 18.1 Å². The van der Waals surface area contributed by atoms with Crippen molar-refractivity contribution in [2.24, 2.45) is 41.2 Å². The van der Waals surface area contributed by atoms with Crippen molar-refractivity contribution in [2.75, 3.05) is 0 Å². The van der Waals surface area contributed by atoms with Crippen LogP contribution >= 0.6 is 0 Å². The molecule has 0 amide bonds. The van der Waals surface area contributed by atoms with Crippen molar-refractivity contribution >= 4 is 0 Å². The Morgan fingerprint density at radius 2 is 1.07 bits per heavy atom. The molecule has 5 unspecified atom stereocenters. The quantitative estimate of drug-likeness (QED) is 0.621. The number of fused-ring (bicyclic) bond motifs is 3. The lowest BCUT2D eigenvalue weighted by molar-refractivity contribution is -0.00312. The third-order valence-electron chi connectivity index (χ3n) is 10.2. The topological polar surface area (TPSA) is 38.0 Å². The molecular formula is C26H46N2. The molecule has 28 heavy (non-hydrogen) atoms. The summed E-state index contributed by atoms with van der Waals surface area (Å²) in [4.78, 5) is 0. The third kappa shape index (κ3) is 4.20. The molecule has 0 radical (unpaired) electrons. The second-order valence-electron chi connectivity index (χ2n) is 11.6. The van der Waals surface area contributed by atoms with Gasteiger partial charge < -0.3 is 11.1 Å². The lowest BCUT2D eigenvalue weighted by Crippen LogP contribution is -2.54. The van der Waals surface area contributed by atoms with Gasteiger partial charge in [-0.15, -0.1) is 0 Å². The van der Waals surface area contributed by atoms with Gasteiger partial charge in [0.1, 0.15) is 0 Å². The van der Waals surface area contributed by atoms with E-state index in [4.69, 9.17) is 5.73 Å². The van der Waals surface area contributed by atoms with Crippen molar-refractivity contribution < 1.29 is 0 Å². The highest BCUT2D eigenvalue weighted by molar-refractivity contribution is 4.99. The van der Waals surface area contributed by atoms with E-state index in [9.17, 15) is 0 Å². The van der Waals surface area contributed by atoms with Crippen LogP contribution in [0, 0.1) is 35.5 Å². The van der Waals surface area contributed by atoms with Crippen molar-refractivity contribution in [2.45, 2.75) is 127 Å². The fourth-order valence-corrected chi connectivity index (χ4v) is 8.68. The van der Waals surface area contributed by atoms with Crippen molar-refractivity contribution in [3.05, 3.63) is 0 Å². The largest absolute Gasteiger partial charge is 0.328 e. The normalized spacial score (nSPS) is 49.8. The fraction of sp³-hybridized carbons (Fsp3) is 1.00. The zero-order chi connectivity index (χ0) is 18.9. The molecule has 0 aliphatic heterocycles. The van der Waals surface area contributed by atoms with Gasteiger partial charge in [-0.3, -0.25) is 0 Å². The molecule has 0 heterocycles. The van der Waals surface area contributed by atoms with Crippen LogP contribution in [0.4, 0.5) is 0 Å². The first kappa shape index (κ1) is 19.9. The average molecular weight is 387 g/mol. The van der Waals surface area contributed by atoms with Gasteiger partial charge in [-0.05, 0) is 113 Å². The van der Waals surface area contributed by atoms with Crippen molar-refractivity contribution in [1.29, 1.82) is 0 Å². The SMILES string of the molecule is NC1CCC(C2CCC(NC3CC4CCCCC4C4CCCCC34)CC2)CC1. The van der Waals surface area contributed by atoms with Crippen LogP contribution in [-0.2, 0) is 0 Å². The summed E-state index contributed by atoms with van der Waals surface area (Å²) in [5.74, 6) is 6.28. The van der Waals surface area contributed by atoms with E-state index in [1.165, 1.54) is 89.9 Å². The second kappa shape index (κ2) is 8.96. The van der Waals surface area contributed by atoms with E-state index in [0.29, 0.717) is 6.04 Å². The molecule has 5 fully saturated rings. The summed E-state index contributed by atoms with van der Waals surface area (Å²) in [5.41, 5.74) is 6.14. The number of rotatable bonds is 3.